The summed E-state index contributed by atoms with van der Waals surface area (Å²) in [5.41, 5.74) is 6.04. The van der Waals surface area contributed by atoms with Crippen LogP contribution in [0, 0.1) is 0 Å². The summed E-state index contributed by atoms with van der Waals surface area (Å²) in [6.07, 6.45) is -1.64. The Balaban J connectivity index is 2.10. The lowest BCUT2D eigenvalue weighted by molar-refractivity contribution is -0.0508. The lowest BCUT2D eigenvalue weighted by Gasteiger charge is -2.17. The molecule has 1 aliphatic rings. The topological polar surface area (TPSA) is 127 Å². The van der Waals surface area contributed by atoms with Crippen LogP contribution < -0.4 is 5.73 Å². The van der Waals surface area contributed by atoms with E-state index in [4.69, 9.17) is 16.9 Å². The molecule has 8 heteroatoms. The SMILES string of the molecule is [3H]c1cn([C@@H]2O[C@H](CO)C(O)C2O)c2ncnc(N)c12. The Morgan fingerprint density at radius 2 is 2.21 bits per heavy atom. The van der Waals surface area contributed by atoms with Gasteiger partial charge in [0.25, 0.3) is 0 Å². The Labute approximate surface area is 109 Å². The molecule has 0 bridgehead atoms. The summed E-state index contributed by atoms with van der Waals surface area (Å²) in [4.78, 5) is 7.85. The van der Waals surface area contributed by atoms with Crippen molar-refractivity contribution in [3.8, 4) is 0 Å². The number of fused-ring (bicyclic) bond motifs is 1. The zero-order chi connectivity index (χ0) is 14.4. The van der Waals surface area contributed by atoms with Crippen LogP contribution in [0.5, 0.6) is 0 Å². The van der Waals surface area contributed by atoms with Gasteiger partial charge in [0, 0.05) is 6.20 Å². The first-order valence-electron chi connectivity index (χ1n) is 6.24. The molecule has 1 fully saturated rings. The number of anilines is 1. The molecule has 4 atom stereocenters. The van der Waals surface area contributed by atoms with Gasteiger partial charge in [-0.15, -0.1) is 0 Å². The molecule has 3 rings (SSSR count). The van der Waals surface area contributed by atoms with Crippen LogP contribution in [0.3, 0.4) is 0 Å². The molecule has 0 aliphatic carbocycles. The molecule has 0 aromatic carbocycles. The van der Waals surface area contributed by atoms with Crippen LogP contribution in [-0.4, -0.2) is 54.8 Å². The summed E-state index contributed by atoms with van der Waals surface area (Å²) in [6, 6.07) is 0.0934. The second-order valence-corrected chi connectivity index (χ2v) is 4.37. The zero-order valence-electron chi connectivity index (χ0n) is 10.8. The molecule has 3 heterocycles. The normalized spacial score (nSPS) is 31.8. The molecule has 5 N–H and O–H groups in total. The second-order valence-electron chi connectivity index (χ2n) is 4.37. The number of rotatable bonds is 2. The summed E-state index contributed by atoms with van der Waals surface area (Å²) >= 11 is 0. The molecular formula is C11H14N4O4. The number of aliphatic hydroxyl groups is 3. The molecular weight excluding hydrogens is 252 g/mol. The first-order valence-corrected chi connectivity index (χ1v) is 5.74. The molecule has 0 radical (unpaired) electrons. The third-order valence-corrected chi connectivity index (χ3v) is 3.24. The van der Waals surface area contributed by atoms with E-state index in [-0.39, 0.29) is 11.9 Å². The Kier molecular flexibility index (Phi) is 2.59. The minimum absolute atomic E-state index is 0.0934. The van der Waals surface area contributed by atoms with E-state index in [1.807, 2.05) is 0 Å². The maximum absolute atomic E-state index is 10.0. The minimum atomic E-state index is -1.24. The van der Waals surface area contributed by atoms with Crippen LogP contribution in [0.4, 0.5) is 5.82 Å². The molecule has 1 aliphatic heterocycles. The fourth-order valence-corrected chi connectivity index (χ4v) is 2.22. The third-order valence-electron chi connectivity index (χ3n) is 3.24. The van der Waals surface area contributed by atoms with Crippen molar-refractivity contribution in [2.45, 2.75) is 24.5 Å². The van der Waals surface area contributed by atoms with Gasteiger partial charge in [0.1, 0.15) is 36.1 Å². The Morgan fingerprint density at radius 3 is 2.89 bits per heavy atom. The predicted molar refractivity (Wildman–Crippen MR) is 64.9 cm³/mol. The Bertz CT molecular complexity index is 649. The summed E-state index contributed by atoms with van der Waals surface area (Å²) in [5.74, 6) is 0.158. The monoisotopic (exact) mass is 268 g/mol. The first-order chi connectivity index (χ1) is 9.54. The zero-order valence-corrected chi connectivity index (χ0v) is 9.84. The average molecular weight is 268 g/mol. The maximum atomic E-state index is 10.0. The number of aliphatic hydroxyl groups excluding tert-OH is 3. The second kappa shape index (κ2) is 4.42. The summed E-state index contributed by atoms with van der Waals surface area (Å²) in [7, 11) is 0. The van der Waals surface area contributed by atoms with Crippen molar-refractivity contribution in [2.75, 3.05) is 12.3 Å². The van der Waals surface area contributed by atoms with Gasteiger partial charge < -0.3 is 30.4 Å². The molecule has 2 unspecified atom stereocenters. The number of nitrogens with zero attached hydrogens (tertiary/aromatic N) is 3. The van der Waals surface area contributed by atoms with Crippen LogP contribution in [0.2, 0.25) is 0 Å². The number of ether oxygens (including phenoxy) is 1. The van der Waals surface area contributed by atoms with Gasteiger partial charge in [-0.2, -0.15) is 0 Å². The van der Waals surface area contributed by atoms with Gasteiger partial charge in [-0.25, -0.2) is 9.97 Å². The van der Waals surface area contributed by atoms with Crippen molar-refractivity contribution in [3.05, 3.63) is 18.6 Å². The van der Waals surface area contributed by atoms with Crippen molar-refractivity contribution in [1.82, 2.24) is 14.5 Å². The molecule has 0 spiro atoms. The van der Waals surface area contributed by atoms with E-state index in [1.54, 1.807) is 0 Å². The van der Waals surface area contributed by atoms with Gasteiger partial charge in [0.05, 0.1) is 13.4 Å². The van der Waals surface area contributed by atoms with Crippen molar-refractivity contribution in [3.63, 3.8) is 0 Å². The Hall–Kier alpha value is -1.74. The lowest BCUT2D eigenvalue weighted by Crippen LogP contribution is -2.33. The van der Waals surface area contributed by atoms with Crippen molar-refractivity contribution in [1.29, 1.82) is 0 Å². The van der Waals surface area contributed by atoms with Gasteiger partial charge >= 0.3 is 0 Å². The predicted octanol–water partition coefficient (Wildman–Crippen LogP) is -1.38. The van der Waals surface area contributed by atoms with E-state index in [9.17, 15) is 10.2 Å². The molecule has 1 saturated heterocycles. The van der Waals surface area contributed by atoms with Crippen LogP contribution in [-0.2, 0) is 4.74 Å². The van der Waals surface area contributed by atoms with Crippen molar-refractivity contribution in [2.24, 2.45) is 0 Å². The summed E-state index contributed by atoms with van der Waals surface area (Å²) in [5, 5.41) is 29.2. The highest BCUT2D eigenvalue weighted by atomic mass is 16.6. The Morgan fingerprint density at radius 1 is 1.42 bits per heavy atom. The van der Waals surface area contributed by atoms with Gasteiger partial charge in [-0.1, -0.05) is 0 Å². The smallest absolute Gasteiger partial charge is 0.164 e. The molecule has 19 heavy (non-hydrogen) atoms. The van der Waals surface area contributed by atoms with E-state index in [0.29, 0.717) is 11.0 Å². The van der Waals surface area contributed by atoms with E-state index in [1.165, 1.54) is 17.1 Å². The number of nitrogens with two attached hydrogens (primary N) is 1. The number of aromatic nitrogens is 3. The van der Waals surface area contributed by atoms with Gasteiger partial charge in [0.15, 0.2) is 6.23 Å². The first kappa shape index (κ1) is 11.1. The summed E-state index contributed by atoms with van der Waals surface area (Å²) in [6.45, 7) is -0.418. The average Bonchev–Trinajstić information content (AvgIpc) is 2.90. The third kappa shape index (κ3) is 1.77. The standard InChI is InChI=1S/C11H14N4O4/c12-9-5-1-2-15(10(5)14-4-13-9)11-8(18)7(17)6(3-16)19-11/h1-2,4,6-8,11,16-18H,3H2,(H2,12,13,14)/t6-,7?,8?,11-/m1/s1/i1T. The highest BCUT2D eigenvalue weighted by Gasteiger charge is 2.43. The lowest BCUT2D eigenvalue weighted by atomic mass is 10.1. The number of hydrogen-bond donors (Lipinski definition) is 4. The quantitative estimate of drug-likeness (QED) is 0.529. The van der Waals surface area contributed by atoms with Crippen LogP contribution in [0.15, 0.2) is 18.6 Å². The van der Waals surface area contributed by atoms with E-state index >= 15 is 0 Å². The summed E-state index contributed by atoms with van der Waals surface area (Å²) < 4.78 is 14.7. The number of nitrogen functional groups attached to an aromatic ring is 1. The molecule has 0 amide bonds. The van der Waals surface area contributed by atoms with Crippen LogP contribution in [0.25, 0.3) is 11.0 Å². The largest absolute Gasteiger partial charge is 0.394 e. The molecule has 2 aromatic rings. The van der Waals surface area contributed by atoms with Gasteiger partial charge in [0.2, 0.25) is 0 Å². The minimum Gasteiger partial charge on any atom is -0.394 e. The van der Waals surface area contributed by atoms with E-state index in [2.05, 4.69) is 9.97 Å². The van der Waals surface area contributed by atoms with Gasteiger partial charge in [-0.3, -0.25) is 0 Å². The highest BCUT2D eigenvalue weighted by molar-refractivity contribution is 5.86. The fraction of sp³-hybridized carbons (Fsp3) is 0.455. The molecule has 8 nitrogen and oxygen atoms in total. The molecule has 2 aromatic heterocycles. The fourth-order valence-electron chi connectivity index (χ4n) is 2.22. The van der Waals surface area contributed by atoms with Crippen LogP contribution >= 0.6 is 0 Å². The van der Waals surface area contributed by atoms with E-state index < -0.39 is 31.1 Å². The molecule has 0 saturated carbocycles. The highest BCUT2D eigenvalue weighted by Crippen LogP contribution is 2.32. The van der Waals surface area contributed by atoms with Crippen LogP contribution in [0.1, 0.15) is 7.60 Å². The van der Waals surface area contributed by atoms with Crippen molar-refractivity contribution >= 4 is 16.9 Å². The maximum Gasteiger partial charge on any atom is 0.164 e. The van der Waals surface area contributed by atoms with E-state index in [0.717, 1.165) is 0 Å². The van der Waals surface area contributed by atoms with Gasteiger partial charge in [-0.05, 0) is 6.04 Å². The molecule has 102 valence electrons. The number of hydrogen-bond acceptors (Lipinski definition) is 7. The van der Waals surface area contributed by atoms with Crippen molar-refractivity contribution < 1.29 is 21.4 Å².